The molecule has 0 saturated carbocycles. The van der Waals surface area contributed by atoms with Crippen LogP contribution >= 0.6 is 11.6 Å². The summed E-state index contributed by atoms with van der Waals surface area (Å²) in [7, 11) is 3.02. The molecule has 4 rings (SSSR count). The van der Waals surface area contributed by atoms with Crippen LogP contribution in [-0.2, 0) is 4.74 Å². The van der Waals surface area contributed by atoms with Gasteiger partial charge in [0.15, 0.2) is 0 Å². The minimum atomic E-state index is -0.561. The molecule has 0 radical (unpaired) electrons. The number of halogens is 1. The van der Waals surface area contributed by atoms with E-state index < -0.39 is 5.60 Å². The van der Waals surface area contributed by atoms with Gasteiger partial charge in [-0.05, 0) is 64.3 Å². The fourth-order valence-corrected chi connectivity index (χ4v) is 4.94. The Morgan fingerprint density at radius 1 is 1.05 bits per heavy atom. The zero-order valence-electron chi connectivity index (χ0n) is 23.2. The van der Waals surface area contributed by atoms with Gasteiger partial charge in [0, 0.05) is 25.1 Å². The van der Waals surface area contributed by atoms with Crippen molar-refractivity contribution in [2.45, 2.75) is 52.1 Å². The number of ether oxygens (including phenoxy) is 3. The highest BCUT2D eigenvalue weighted by Crippen LogP contribution is 2.37. The standard InChI is InChI=1S/C29H35ClN4O5/c1-18-8-7-9-20(14-18)34-26(19-10-12-33(13-11-19)28(36)39-29(2,3)4)21(17-31-34)27(35)32-23-15-22(30)24(37-5)16-25(23)38-6/h7-9,14-17,19H,10-13H2,1-6H3,(H,32,35). The maximum Gasteiger partial charge on any atom is 0.410 e. The van der Waals surface area contributed by atoms with Crippen molar-refractivity contribution in [3.05, 3.63) is 64.4 Å². The Labute approximate surface area is 234 Å². The first-order valence-corrected chi connectivity index (χ1v) is 13.2. The van der Waals surface area contributed by atoms with E-state index in [1.165, 1.54) is 14.2 Å². The van der Waals surface area contributed by atoms with Crippen LogP contribution in [-0.4, -0.2) is 59.6 Å². The van der Waals surface area contributed by atoms with Crippen LogP contribution in [0.5, 0.6) is 11.5 Å². The number of piperidine rings is 1. The summed E-state index contributed by atoms with van der Waals surface area (Å²) in [6.45, 7) is 8.61. The molecule has 1 aliphatic rings. The molecule has 0 unspecified atom stereocenters. The molecule has 208 valence electrons. The third-order valence-corrected chi connectivity index (χ3v) is 6.85. The van der Waals surface area contributed by atoms with E-state index in [1.807, 2.05) is 56.6 Å². The number of nitrogens with one attached hydrogen (secondary N) is 1. The predicted molar refractivity (Wildman–Crippen MR) is 151 cm³/mol. The molecule has 3 aromatic rings. The summed E-state index contributed by atoms with van der Waals surface area (Å²) in [4.78, 5) is 28.0. The monoisotopic (exact) mass is 554 g/mol. The normalized spacial score (nSPS) is 14.2. The van der Waals surface area contributed by atoms with Crippen molar-refractivity contribution in [1.82, 2.24) is 14.7 Å². The Morgan fingerprint density at radius 3 is 2.36 bits per heavy atom. The Balaban J connectivity index is 1.66. The van der Waals surface area contributed by atoms with Gasteiger partial charge in [-0.15, -0.1) is 0 Å². The molecule has 1 fully saturated rings. The Hall–Kier alpha value is -3.72. The van der Waals surface area contributed by atoms with Gasteiger partial charge in [-0.2, -0.15) is 5.10 Å². The topological polar surface area (TPSA) is 94.9 Å². The van der Waals surface area contributed by atoms with E-state index in [2.05, 4.69) is 10.4 Å². The van der Waals surface area contributed by atoms with E-state index in [4.69, 9.17) is 25.8 Å². The van der Waals surface area contributed by atoms with E-state index in [0.29, 0.717) is 53.7 Å². The first kappa shape index (κ1) is 28.3. The lowest BCUT2D eigenvalue weighted by atomic mass is 9.90. The van der Waals surface area contributed by atoms with Crippen LogP contribution in [0.15, 0.2) is 42.6 Å². The van der Waals surface area contributed by atoms with Gasteiger partial charge in [0.2, 0.25) is 0 Å². The molecule has 1 aromatic heterocycles. The molecule has 0 spiro atoms. The van der Waals surface area contributed by atoms with Gasteiger partial charge in [-0.3, -0.25) is 4.79 Å². The molecule has 0 atom stereocenters. The highest BCUT2D eigenvalue weighted by molar-refractivity contribution is 6.32. The quantitative estimate of drug-likeness (QED) is 0.389. The van der Waals surface area contributed by atoms with Gasteiger partial charge >= 0.3 is 6.09 Å². The van der Waals surface area contributed by atoms with Crippen molar-refractivity contribution in [1.29, 1.82) is 0 Å². The van der Waals surface area contributed by atoms with Crippen molar-refractivity contribution < 1.29 is 23.8 Å². The second kappa shape index (κ2) is 11.6. The maximum atomic E-state index is 13.7. The second-order valence-electron chi connectivity index (χ2n) is 10.6. The third kappa shape index (κ3) is 6.47. The number of amides is 2. The van der Waals surface area contributed by atoms with Crippen molar-refractivity contribution in [2.24, 2.45) is 0 Å². The van der Waals surface area contributed by atoms with E-state index in [1.54, 1.807) is 23.2 Å². The first-order chi connectivity index (χ1) is 18.5. The van der Waals surface area contributed by atoms with Crippen molar-refractivity contribution in [2.75, 3.05) is 32.6 Å². The van der Waals surface area contributed by atoms with Gasteiger partial charge in [0.25, 0.3) is 5.91 Å². The highest BCUT2D eigenvalue weighted by Gasteiger charge is 2.32. The summed E-state index contributed by atoms with van der Waals surface area (Å²) in [5, 5.41) is 7.91. The zero-order valence-corrected chi connectivity index (χ0v) is 24.0. The van der Waals surface area contributed by atoms with Gasteiger partial charge in [0.1, 0.15) is 17.1 Å². The Bertz CT molecular complexity index is 1360. The fraction of sp³-hybridized carbons (Fsp3) is 0.414. The van der Waals surface area contributed by atoms with Crippen molar-refractivity contribution in [3.8, 4) is 17.2 Å². The number of methoxy groups -OCH3 is 2. The molecule has 1 N–H and O–H groups in total. The number of benzene rings is 2. The van der Waals surface area contributed by atoms with Crippen LogP contribution in [0.1, 0.15) is 61.1 Å². The number of rotatable bonds is 6. The molecule has 2 heterocycles. The van der Waals surface area contributed by atoms with E-state index >= 15 is 0 Å². The van der Waals surface area contributed by atoms with Crippen LogP contribution in [0.3, 0.4) is 0 Å². The fourth-order valence-electron chi connectivity index (χ4n) is 4.70. The summed E-state index contributed by atoms with van der Waals surface area (Å²) in [5.74, 6) is 0.519. The largest absolute Gasteiger partial charge is 0.495 e. The minimum absolute atomic E-state index is 0.00574. The first-order valence-electron chi connectivity index (χ1n) is 12.9. The average molecular weight is 555 g/mol. The lowest BCUT2D eigenvalue weighted by Gasteiger charge is -2.34. The molecule has 1 aliphatic heterocycles. The third-order valence-electron chi connectivity index (χ3n) is 6.55. The van der Waals surface area contributed by atoms with Crippen LogP contribution < -0.4 is 14.8 Å². The molecule has 2 amide bonds. The van der Waals surface area contributed by atoms with Gasteiger partial charge < -0.3 is 24.4 Å². The molecule has 2 aromatic carbocycles. The molecular formula is C29H35ClN4O5. The number of aryl methyl sites for hydroxylation is 1. The molecule has 1 saturated heterocycles. The number of aromatic nitrogens is 2. The number of anilines is 1. The molecule has 9 nitrogen and oxygen atoms in total. The molecule has 0 aliphatic carbocycles. The number of likely N-dealkylation sites (tertiary alicyclic amines) is 1. The molecule has 39 heavy (non-hydrogen) atoms. The van der Waals surface area contributed by atoms with Crippen LogP contribution in [0.25, 0.3) is 5.69 Å². The average Bonchev–Trinajstić information content (AvgIpc) is 3.33. The number of carbonyl (C=O) groups excluding carboxylic acids is 2. The Kier molecular flexibility index (Phi) is 8.39. The summed E-state index contributed by atoms with van der Waals surface area (Å²) < 4.78 is 18.1. The second-order valence-corrected chi connectivity index (χ2v) is 11.0. The maximum absolute atomic E-state index is 13.7. The van der Waals surface area contributed by atoms with Gasteiger partial charge in [-0.25, -0.2) is 9.48 Å². The summed E-state index contributed by atoms with van der Waals surface area (Å²) in [6, 6.07) is 11.2. The predicted octanol–water partition coefficient (Wildman–Crippen LogP) is 6.22. The molecule has 0 bridgehead atoms. The summed E-state index contributed by atoms with van der Waals surface area (Å²) in [6.07, 6.45) is 2.59. The summed E-state index contributed by atoms with van der Waals surface area (Å²) >= 11 is 6.33. The van der Waals surface area contributed by atoms with Crippen molar-refractivity contribution >= 4 is 29.3 Å². The zero-order chi connectivity index (χ0) is 28.3. The number of carbonyl (C=O) groups is 2. The molecule has 10 heteroatoms. The lowest BCUT2D eigenvalue weighted by Crippen LogP contribution is -2.41. The minimum Gasteiger partial charge on any atom is -0.495 e. The van der Waals surface area contributed by atoms with Crippen molar-refractivity contribution in [3.63, 3.8) is 0 Å². The number of nitrogens with zero attached hydrogens (tertiary/aromatic N) is 3. The van der Waals surface area contributed by atoms with Gasteiger partial charge in [0.05, 0.1) is 48.1 Å². The smallest absolute Gasteiger partial charge is 0.410 e. The van der Waals surface area contributed by atoms with E-state index in [-0.39, 0.29) is 17.9 Å². The van der Waals surface area contributed by atoms with Crippen LogP contribution in [0, 0.1) is 6.92 Å². The number of hydrogen-bond acceptors (Lipinski definition) is 6. The van der Waals surface area contributed by atoms with Crippen LogP contribution in [0.2, 0.25) is 5.02 Å². The Morgan fingerprint density at radius 2 is 1.74 bits per heavy atom. The van der Waals surface area contributed by atoms with E-state index in [9.17, 15) is 9.59 Å². The number of hydrogen-bond donors (Lipinski definition) is 1. The lowest BCUT2D eigenvalue weighted by molar-refractivity contribution is 0.0203. The van der Waals surface area contributed by atoms with E-state index in [0.717, 1.165) is 16.9 Å². The highest BCUT2D eigenvalue weighted by atomic mass is 35.5. The molecular weight excluding hydrogens is 520 g/mol. The SMILES string of the molecule is COc1cc(OC)c(NC(=O)c2cnn(-c3cccc(C)c3)c2C2CCN(C(=O)OC(C)(C)C)CC2)cc1Cl. The summed E-state index contributed by atoms with van der Waals surface area (Å²) in [5.41, 5.74) is 3.04. The van der Waals surface area contributed by atoms with Gasteiger partial charge in [-0.1, -0.05) is 23.7 Å². The van der Waals surface area contributed by atoms with Crippen LogP contribution in [0.4, 0.5) is 10.5 Å².